The maximum atomic E-state index is 7.96. The van der Waals surface area contributed by atoms with Gasteiger partial charge in [0.1, 0.15) is 0 Å². The third-order valence-electron chi connectivity index (χ3n) is 0.246. The van der Waals surface area contributed by atoms with Crippen molar-refractivity contribution >= 4 is 46.4 Å². The molecule has 0 rings (SSSR count). The van der Waals surface area contributed by atoms with Crippen LogP contribution in [0.3, 0.4) is 0 Å². The molecule has 0 atom stereocenters. The highest BCUT2D eigenvalue weighted by Gasteiger charge is 1.89. The molecule has 0 spiro atoms. The zero-order valence-corrected chi connectivity index (χ0v) is 7.97. The lowest BCUT2D eigenvalue weighted by atomic mass is 11.2. The van der Waals surface area contributed by atoms with E-state index in [0.717, 1.165) is 0 Å². The van der Waals surface area contributed by atoms with Crippen molar-refractivity contribution in [2.45, 2.75) is 4.96 Å². The first-order valence-electron chi connectivity index (χ1n) is 1.93. The minimum absolute atomic E-state index is 0. The molecule has 3 nitrogen and oxygen atoms in total. The van der Waals surface area contributed by atoms with E-state index >= 15 is 0 Å². The zero-order chi connectivity index (χ0) is 7.70. The molecule has 10 heavy (non-hydrogen) atoms. The number of hydrogen-bond acceptors (Lipinski definition) is 2. The standard InChI is InChI=1S/C2H5Cl2NO.CH2Cl2.H2O/c3-2(4)5-1-6;2-1-3;/h2,5-6H,1H2;1H2;1H2. The summed E-state index contributed by atoms with van der Waals surface area (Å²) in [5.74, 6) is 0. The lowest BCUT2D eigenvalue weighted by Gasteiger charge is -1.95. The topological polar surface area (TPSA) is 63.8 Å². The normalized spacial score (nSPS) is 7.80. The molecular weight excluding hydrogens is 224 g/mol. The maximum Gasteiger partial charge on any atom is 0.159 e. The molecule has 0 aromatic carbocycles. The van der Waals surface area contributed by atoms with Crippen LogP contribution < -0.4 is 5.32 Å². The highest BCUT2D eigenvalue weighted by molar-refractivity contribution is 6.43. The van der Waals surface area contributed by atoms with E-state index in [9.17, 15) is 0 Å². The monoisotopic (exact) mass is 231 g/mol. The summed E-state index contributed by atoms with van der Waals surface area (Å²) in [5.41, 5.74) is 0. The van der Waals surface area contributed by atoms with Crippen LogP contribution in [0.1, 0.15) is 0 Å². The van der Waals surface area contributed by atoms with E-state index in [4.69, 9.17) is 51.5 Å². The quantitative estimate of drug-likeness (QED) is 0.422. The van der Waals surface area contributed by atoms with Crippen molar-refractivity contribution in [3.05, 3.63) is 0 Å². The van der Waals surface area contributed by atoms with Gasteiger partial charge in [0, 0.05) is 0 Å². The second-order valence-corrected chi connectivity index (χ2v) is 2.67. The summed E-state index contributed by atoms with van der Waals surface area (Å²) in [5, 5.41) is 10.4. The number of aliphatic hydroxyl groups excluding tert-OH is 1. The van der Waals surface area contributed by atoms with Gasteiger partial charge in [-0.1, -0.05) is 23.2 Å². The molecule has 66 valence electrons. The van der Waals surface area contributed by atoms with Crippen molar-refractivity contribution in [1.29, 1.82) is 0 Å². The van der Waals surface area contributed by atoms with Gasteiger partial charge in [0.25, 0.3) is 0 Å². The van der Waals surface area contributed by atoms with Gasteiger partial charge in [0.15, 0.2) is 4.96 Å². The lowest BCUT2D eigenvalue weighted by Crippen LogP contribution is -2.18. The van der Waals surface area contributed by atoms with Crippen LogP contribution in [-0.4, -0.2) is 27.6 Å². The van der Waals surface area contributed by atoms with Crippen molar-refractivity contribution < 1.29 is 10.6 Å². The molecule has 0 aliphatic carbocycles. The first-order chi connectivity index (χ1) is 4.18. The molecular formula is C3H9Cl4NO2. The zero-order valence-electron chi connectivity index (χ0n) is 4.95. The minimum Gasteiger partial charge on any atom is -0.412 e. The van der Waals surface area contributed by atoms with Gasteiger partial charge < -0.3 is 10.6 Å². The Hall–Kier alpha value is 1.04. The summed E-state index contributed by atoms with van der Waals surface area (Å²) < 4.78 is 0. The van der Waals surface area contributed by atoms with Crippen molar-refractivity contribution in [1.82, 2.24) is 5.32 Å². The molecule has 0 saturated heterocycles. The highest BCUT2D eigenvalue weighted by Crippen LogP contribution is 1.92. The Labute approximate surface area is 79.5 Å². The predicted molar refractivity (Wildman–Crippen MR) is 45.9 cm³/mol. The second kappa shape index (κ2) is 16.6. The number of alkyl halides is 4. The van der Waals surface area contributed by atoms with Crippen LogP contribution >= 0.6 is 46.4 Å². The minimum atomic E-state index is -0.657. The van der Waals surface area contributed by atoms with Gasteiger partial charge in [0.05, 0.1) is 12.1 Å². The van der Waals surface area contributed by atoms with E-state index in [1.807, 2.05) is 0 Å². The Balaban J connectivity index is -0.000000107. The number of rotatable bonds is 2. The smallest absolute Gasteiger partial charge is 0.159 e. The average molecular weight is 233 g/mol. The Morgan fingerprint density at radius 1 is 1.30 bits per heavy atom. The molecule has 0 aromatic rings. The van der Waals surface area contributed by atoms with E-state index < -0.39 is 4.96 Å². The molecule has 0 aliphatic rings. The predicted octanol–water partition coefficient (Wildman–Crippen LogP) is 0.884. The number of halogens is 4. The van der Waals surface area contributed by atoms with Crippen molar-refractivity contribution in [2.75, 3.05) is 12.1 Å². The van der Waals surface area contributed by atoms with Crippen LogP contribution in [0, 0.1) is 0 Å². The Bertz CT molecular complexity index is 47.5. The Morgan fingerprint density at radius 3 is 1.60 bits per heavy atom. The Morgan fingerprint density at radius 2 is 1.60 bits per heavy atom. The van der Waals surface area contributed by atoms with E-state index in [1.165, 1.54) is 0 Å². The molecule has 7 heteroatoms. The van der Waals surface area contributed by atoms with Crippen LogP contribution in [0.4, 0.5) is 0 Å². The molecule has 0 saturated carbocycles. The molecule has 0 bridgehead atoms. The van der Waals surface area contributed by atoms with Crippen LogP contribution in [0.2, 0.25) is 0 Å². The van der Waals surface area contributed by atoms with Gasteiger partial charge >= 0.3 is 0 Å². The molecule has 4 N–H and O–H groups in total. The molecule has 0 radical (unpaired) electrons. The van der Waals surface area contributed by atoms with Gasteiger partial charge in [-0.2, -0.15) is 0 Å². The van der Waals surface area contributed by atoms with Gasteiger partial charge in [-0.25, -0.2) is 0 Å². The maximum absolute atomic E-state index is 7.96. The number of hydrogen-bond donors (Lipinski definition) is 2. The van der Waals surface area contributed by atoms with Crippen LogP contribution in [0.5, 0.6) is 0 Å². The van der Waals surface area contributed by atoms with E-state index in [2.05, 4.69) is 5.32 Å². The summed E-state index contributed by atoms with van der Waals surface area (Å²) in [6, 6.07) is 0. The third-order valence-corrected chi connectivity index (χ3v) is 0.554. The first-order valence-corrected chi connectivity index (χ1v) is 3.87. The second-order valence-electron chi connectivity index (χ2n) is 0.764. The molecule has 0 fully saturated rings. The van der Waals surface area contributed by atoms with Gasteiger partial charge in [-0.15, -0.1) is 23.2 Å². The van der Waals surface area contributed by atoms with Gasteiger partial charge in [-0.05, 0) is 0 Å². The van der Waals surface area contributed by atoms with E-state index in [-0.39, 0.29) is 17.5 Å². The van der Waals surface area contributed by atoms with E-state index in [1.54, 1.807) is 0 Å². The molecule has 0 heterocycles. The van der Waals surface area contributed by atoms with E-state index in [0.29, 0.717) is 0 Å². The summed E-state index contributed by atoms with van der Waals surface area (Å²) in [6.45, 7) is -0.183. The van der Waals surface area contributed by atoms with Gasteiger partial charge in [-0.3, -0.25) is 5.32 Å². The Kier molecular flexibility index (Phi) is 28.5. The summed E-state index contributed by atoms with van der Waals surface area (Å²) >= 11 is 19.7. The fourth-order valence-corrected chi connectivity index (χ4v) is 0.207. The average Bonchev–Trinajstić information content (AvgIpc) is 1.67. The molecule has 0 aromatic heterocycles. The largest absolute Gasteiger partial charge is 0.412 e. The van der Waals surface area contributed by atoms with Crippen molar-refractivity contribution in [3.63, 3.8) is 0 Å². The third kappa shape index (κ3) is 35.8. The lowest BCUT2D eigenvalue weighted by molar-refractivity contribution is 0.266. The summed E-state index contributed by atoms with van der Waals surface area (Å²) in [4.78, 5) is -0.657. The SMILES string of the molecule is ClCCl.O.OCNC(Cl)Cl. The molecule has 0 unspecified atom stereocenters. The number of aliphatic hydroxyl groups is 1. The first kappa shape index (κ1) is 17.2. The van der Waals surface area contributed by atoms with Crippen molar-refractivity contribution in [2.24, 2.45) is 0 Å². The number of nitrogens with one attached hydrogen (secondary N) is 1. The highest BCUT2D eigenvalue weighted by atomic mass is 35.5. The fourth-order valence-electron chi connectivity index (χ4n) is 0.0690. The van der Waals surface area contributed by atoms with Gasteiger partial charge in [0.2, 0.25) is 0 Å². The fraction of sp³-hybridized carbons (Fsp3) is 1.00. The summed E-state index contributed by atoms with van der Waals surface area (Å²) in [7, 11) is 0. The molecule has 0 aliphatic heterocycles. The molecule has 0 amide bonds. The van der Waals surface area contributed by atoms with Crippen LogP contribution in [0.25, 0.3) is 0 Å². The van der Waals surface area contributed by atoms with Crippen LogP contribution in [0.15, 0.2) is 0 Å². The van der Waals surface area contributed by atoms with Crippen LogP contribution in [-0.2, 0) is 0 Å². The summed E-state index contributed by atoms with van der Waals surface area (Å²) in [6.07, 6.45) is 0. The van der Waals surface area contributed by atoms with Crippen molar-refractivity contribution in [3.8, 4) is 0 Å².